The number of nitrogens with zero attached hydrogens (tertiary/aromatic N) is 3. The Hall–Kier alpha value is -1.75. The van der Waals surface area contributed by atoms with Crippen LogP contribution in [-0.4, -0.2) is 21.7 Å². The third kappa shape index (κ3) is 2.25. The molecule has 5 heteroatoms. The van der Waals surface area contributed by atoms with E-state index >= 15 is 0 Å². The maximum absolute atomic E-state index is 5.19. The van der Waals surface area contributed by atoms with Crippen molar-refractivity contribution in [2.24, 2.45) is 0 Å². The molecule has 0 spiro atoms. The predicted molar refractivity (Wildman–Crippen MR) is 59.6 cm³/mol. The Bertz CT molecular complexity index is 440. The molecule has 2 aromatic rings. The lowest BCUT2D eigenvalue weighted by Gasteiger charge is -2.04. The van der Waals surface area contributed by atoms with E-state index in [1.54, 1.807) is 12.4 Å². The van der Waals surface area contributed by atoms with Crippen molar-refractivity contribution in [2.75, 3.05) is 6.54 Å². The van der Waals surface area contributed by atoms with Crippen LogP contribution >= 0.6 is 0 Å². The van der Waals surface area contributed by atoms with Gasteiger partial charge in [0.15, 0.2) is 0 Å². The van der Waals surface area contributed by atoms with E-state index in [4.69, 9.17) is 4.52 Å². The van der Waals surface area contributed by atoms with E-state index in [2.05, 4.69) is 20.4 Å². The van der Waals surface area contributed by atoms with E-state index in [-0.39, 0.29) is 6.04 Å². The van der Waals surface area contributed by atoms with Crippen LogP contribution in [0.4, 0.5) is 0 Å². The summed E-state index contributed by atoms with van der Waals surface area (Å²) < 4.78 is 5.19. The zero-order valence-corrected chi connectivity index (χ0v) is 9.34. The molecule has 0 amide bonds. The highest BCUT2D eigenvalue weighted by Gasteiger charge is 2.13. The smallest absolute Gasteiger partial charge is 0.243 e. The van der Waals surface area contributed by atoms with Crippen LogP contribution in [0.3, 0.4) is 0 Å². The first-order chi connectivity index (χ1) is 7.81. The van der Waals surface area contributed by atoms with Gasteiger partial charge in [0.25, 0.3) is 0 Å². The van der Waals surface area contributed by atoms with Gasteiger partial charge in [0, 0.05) is 18.0 Å². The van der Waals surface area contributed by atoms with Gasteiger partial charge in [-0.05, 0) is 25.6 Å². The van der Waals surface area contributed by atoms with Gasteiger partial charge in [0.1, 0.15) is 0 Å². The van der Waals surface area contributed by atoms with Crippen LogP contribution < -0.4 is 5.32 Å². The Morgan fingerprint density at radius 2 is 2.12 bits per heavy atom. The van der Waals surface area contributed by atoms with Gasteiger partial charge in [-0.15, -0.1) is 0 Å². The normalized spacial score (nSPS) is 12.6. The number of hydrogen-bond acceptors (Lipinski definition) is 5. The first-order valence-corrected chi connectivity index (χ1v) is 5.28. The molecule has 2 heterocycles. The van der Waals surface area contributed by atoms with Crippen LogP contribution in [-0.2, 0) is 0 Å². The summed E-state index contributed by atoms with van der Waals surface area (Å²) >= 11 is 0. The fraction of sp³-hybridized carbons (Fsp3) is 0.364. The minimum atomic E-state index is 0.0769. The van der Waals surface area contributed by atoms with Gasteiger partial charge >= 0.3 is 0 Å². The van der Waals surface area contributed by atoms with Gasteiger partial charge in [0.2, 0.25) is 11.7 Å². The third-order valence-electron chi connectivity index (χ3n) is 2.26. The van der Waals surface area contributed by atoms with E-state index in [0.29, 0.717) is 11.7 Å². The van der Waals surface area contributed by atoms with Crippen LogP contribution in [0.1, 0.15) is 25.8 Å². The summed E-state index contributed by atoms with van der Waals surface area (Å²) in [5.41, 5.74) is 0.911. The van der Waals surface area contributed by atoms with Crippen molar-refractivity contribution >= 4 is 0 Å². The summed E-state index contributed by atoms with van der Waals surface area (Å²) in [7, 11) is 0. The lowest BCUT2D eigenvalue weighted by atomic mass is 10.2. The third-order valence-corrected chi connectivity index (χ3v) is 2.26. The summed E-state index contributed by atoms with van der Waals surface area (Å²) in [6.45, 7) is 4.90. The van der Waals surface area contributed by atoms with Crippen LogP contribution in [0.5, 0.6) is 0 Å². The van der Waals surface area contributed by atoms with Crippen molar-refractivity contribution < 1.29 is 4.52 Å². The molecule has 1 unspecified atom stereocenters. The van der Waals surface area contributed by atoms with Crippen molar-refractivity contribution in [1.29, 1.82) is 0 Å². The van der Waals surface area contributed by atoms with Crippen molar-refractivity contribution in [1.82, 2.24) is 20.4 Å². The van der Waals surface area contributed by atoms with E-state index < -0.39 is 0 Å². The minimum Gasteiger partial charge on any atom is -0.337 e. The zero-order chi connectivity index (χ0) is 11.4. The second-order valence-corrected chi connectivity index (χ2v) is 3.47. The van der Waals surface area contributed by atoms with E-state index in [9.17, 15) is 0 Å². The highest BCUT2D eigenvalue weighted by atomic mass is 16.5. The van der Waals surface area contributed by atoms with Crippen molar-refractivity contribution in [2.45, 2.75) is 19.9 Å². The van der Waals surface area contributed by atoms with Gasteiger partial charge < -0.3 is 9.84 Å². The molecule has 0 aromatic carbocycles. The SMILES string of the molecule is CCNC(C)c1nc(-c2ccncc2)no1. The lowest BCUT2D eigenvalue weighted by molar-refractivity contribution is 0.342. The summed E-state index contributed by atoms with van der Waals surface area (Å²) in [5.74, 6) is 1.20. The Labute approximate surface area is 93.9 Å². The molecule has 0 aliphatic carbocycles. The topological polar surface area (TPSA) is 63.8 Å². The van der Waals surface area contributed by atoms with E-state index in [1.165, 1.54) is 0 Å². The molecular formula is C11H14N4O. The fourth-order valence-corrected chi connectivity index (χ4v) is 1.42. The number of rotatable bonds is 4. The second kappa shape index (κ2) is 4.85. The largest absolute Gasteiger partial charge is 0.337 e. The second-order valence-electron chi connectivity index (χ2n) is 3.47. The van der Waals surface area contributed by atoms with Gasteiger partial charge in [-0.25, -0.2) is 0 Å². The molecule has 2 aromatic heterocycles. The molecule has 2 rings (SSSR count). The highest BCUT2D eigenvalue weighted by Crippen LogP contribution is 2.17. The zero-order valence-electron chi connectivity index (χ0n) is 9.34. The Kier molecular flexibility index (Phi) is 3.26. The number of nitrogens with one attached hydrogen (secondary N) is 1. The average molecular weight is 218 g/mol. The maximum atomic E-state index is 5.19. The Balaban J connectivity index is 2.20. The molecule has 5 nitrogen and oxygen atoms in total. The molecule has 0 saturated carbocycles. The first-order valence-electron chi connectivity index (χ1n) is 5.28. The molecular weight excluding hydrogens is 204 g/mol. The van der Waals surface area contributed by atoms with Crippen LogP contribution in [0.25, 0.3) is 11.4 Å². The monoisotopic (exact) mass is 218 g/mol. The summed E-state index contributed by atoms with van der Waals surface area (Å²) in [5, 5.41) is 7.15. The van der Waals surface area contributed by atoms with Crippen molar-refractivity contribution in [3.8, 4) is 11.4 Å². The van der Waals surface area contributed by atoms with Crippen LogP contribution in [0.2, 0.25) is 0 Å². The molecule has 0 bridgehead atoms. The maximum Gasteiger partial charge on any atom is 0.243 e. The van der Waals surface area contributed by atoms with Crippen molar-refractivity contribution in [3.05, 3.63) is 30.4 Å². The molecule has 16 heavy (non-hydrogen) atoms. The molecule has 0 saturated heterocycles. The molecule has 1 atom stereocenters. The highest BCUT2D eigenvalue weighted by molar-refractivity contribution is 5.52. The van der Waals surface area contributed by atoms with Crippen molar-refractivity contribution in [3.63, 3.8) is 0 Å². The Morgan fingerprint density at radius 1 is 1.38 bits per heavy atom. The average Bonchev–Trinajstić information content (AvgIpc) is 2.80. The number of hydrogen-bond donors (Lipinski definition) is 1. The minimum absolute atomic E-state index is 0.0769. The Morgan fingerprint density at radius 3 is 2.81 bits per heavy atom. The predicted octanol–water partition coefficient (Wildman–Crippen LogP) is 1.80. The van der Waals surface area contributed by atoms with E-state index in [1.807, 2.05) is 26.0 Å². The van der Waals surface area contributed by atoms with Crippen LogP contribution in [0.15, 0.2) is 29.0 Å². The molecule has 1 N–H and O–H groups in total. The van der Waals surface area contributed by atoms with Gasteiger partial charge in [0.05, 0.1) is 6.04 Å². The summed E-state index contributed by atoms with van der Waals surface area (Å²) in [6, 6.07) is 3.78. The number of pyridine rings is 1. The van der Waals surface area contributed by atoms with Gasteiger partial charge in [-0.3, -0.25) is 4.98 Å². The van der Waals surface area contributed by atoms with Crippen LogP contribution in [0, 0.1) is 0 Å². The van der Waals surface area contributed by atoms with Gasteiger partial charge in [-0.1, -0.05) is 12.1 Å². The molecule has 0 radical (unpaired) electrons. The quantitative estimate of drug-likeness (QED) is 0.847. The van der Waals surface area contributed by atoms with Gasteiger partial charge in [-0.2, -0.15) is 4.98 Å². The summed E-state index contributed by atoms with van der Waals surface area (Å²) in [4.78, 5) is 8.27. The number of aromatic nitrogens is 3. The fourth-order valence-electron chi connectivity index (χ4n) is 1.42. The lowest BCUT2D eigenvalue weighted by Crippen LogP contribution is -2.17. The molecule has 0 fully saturated rings. The molecule has 0 aliphatic heterocycles. The first kappa shape index (κ1) is 10.8. The summed E-state index contributed by atoms with van der Waals surface area (Å²) in [6.07, 6.45) is 3.41. The van der Waals surface area contributed by atoms with E-state index in [0.717, 1.165) is 12.1 Å². The molecule has 84 valence electrons. The standard InChI is InChI=1S/C11H14N4O/c1-3-13-8(2)11-14-10(15-16-11)9-4-6-12-7-5-9/h4-8,13H,3H2,1-2H3. The molecule has 0 aliphatic rings.